The molecule has 2 heterocycles. The van der Waals surface area contributed by atoms with Crippen LogP contribution in [-0.4, -0.2) is 5.11 Å². The first-order valence-electron chi connectivity index (χ1n) is 5.56. The van der Waals surface area contributed by atoms with E-state index in [9.17, 15) is 5.11 Å². The van der Waals surface area contributed by atoms with E-state index in [1.165, 1.54) is 6.26 Å². The van der Waals surface area contributed by atoms with Crippen molar-refractivity contribution in [2.24, 2.45) is 0 Å². The van der Waals surface area contributed by atoms with Gasteiger partial charge in [0.15, 0.2) is 5.22 Å². The van der Waals surface area contributed by atoms with E-state index < -0.39 is 6.10 Å². The number of aryl methyl sites for hydroxylation is 1. The number of aliphatic hydroxyl groups excluding tert-OH is 1. The predicted octanol–water partition coefficient (Wildman–Crippen LogP) is 4.07. The third-order valence-electron chi connectivity index (χ3n) is 2.90. The maximum Gasteiger partial charge on any atom is 0.199 e. The van der Waals surface area contributed by atoms with Crippen LogP contribution in [0.5, 0.6) is 0 Å². The zero-order valence-corrected chi connectivity index (χ0v) is 10.4. The summed E-state index contributed by atoms with van der Waals surface area (Å²) in [6.07, 6.45) is 0.525. The van der Waals surface area contributed by atoms with Crippen LogP contribution in [0.25, 0.3) is 11.0 Å². The summed E-state index contributed by atoms with van der Waals surface area (Å²) in [4.78, 5) is 0. The van der Waals surface area contributed by atoms with Gasteiger partial charge >= 0.3 is 0 Å². The Morgan fingerprint density at radius 1 is 1.22 bits per heavy atom. The number of benzene rings is 1. The lowest BCUT2D eigenvalue weighted by Crippen LogP contribution is -1.96. The number of furan rings is 2. The fourth-order valence-corrected chi connectivity index (χ4v) is 2.19. The summed E-state index contributed by atoms with van der Waals surface area (Å²) in [5, 5.41) is 11.3. The molecule has 3 aromatic rings. The molecule has 1 atom stereocenters. The summed E-state index contributed by atoms with van der Waals surface area (Å²) in [6.45, 7) is 2.01. The average molecular weight is 263 g/mol. The number of hydrogen-bond acceptors (Lipinski definition) is 3. The second-order valence-electron chi connectivity index (χ2n) is 4.24. The standard InChI is InChI=1S/C14H11ClO3/c1-8-2-3-11-9(6-8)7-12(18-11)13(16)10-4-5-17-14(10)15/h2-7,13,16H,1H3. The Kier molecular flexibility index (Phi) is 2.65. The Morgan fingerprint density at radius 2 is 2.06 bits per heavy atom. The molecule has 0 spiro atoms. The van der Waals surface area contributed by atoms with E-state index in [4.69, 9.17) is 20.4 Å². The minimum Gasteiger partial charge on any atom is -0.458 e. The summed E-state index contributed by atoms with van der Waals surface area (Å²) >= 11 is 5.84. The van der Waals surface area contributed by atoms with Crippen LogP contribution in [0.2, 0.25) is 5.22 Å². The topological polar surface area (TPSA) is 46.5 Å². The highest BCUT2D eigenvalue weighted by molar-refractivity contribution is 6.29. The highest BCUT2D eigenvalue weighted by atomic mass is 35.5. The molecule has 0 amide bonds. The third kappa shape index (κ3) is 1.82. The third-order valence-corrected chi connectivity index (χ3v) is 3.21. The van der Waals surface area contributed by atoms with Gasteiger partial charge in [-0.25, -0.2) is 0 Å². The van der Waals surface area contributed by atoms with Crippen LogP contribution in [0.1, 0.15) is 23.0 Å². The van der Waals surface area contributed by atoms with Crippen LogP contribution in [-0.2, 0) is 0 Å². The van der Waals surface area contributed by atoms with Crippen LogP contribution >= 0.6 is 11.6 Å². The largest absolute Gasteiger partial charge is 0.458 e. The fourth-order valence-electron chi connectivity index (χ4n) is 1.97. The van der Waals surface area contributed by atoms with Crippen LogP contribution in [0.4, 0.5) is 0 Å². The van der Waals surface area contributed by atoms with E-state index in [2.05, 4.69) is 0 Å². The maximum absolute atomic E-state index is 10.2. The summed E-state index contributed by atoms with van der Waals surface area (Å²) in [7, 11) is 0. The second kappa shape index (κ2) is 4.19. The SMILES string of the molecule is Cc1ccc2oc(C(O)c3ccoc3Cl)cc2c1. The molecule has 1 unspecified atom stereocenters. The first-order chi connectivity index (χ1) is 8.65. The van der Waals surface area contributed by atoms with Gasteiger partial charge in [0.2, 0.25) is 0 Å². The van der Waals surface area contributed by atoms with Gasteiger partial charge in [-0.05, 0) is 42.8 Å². The highest BCUT2D eigenvalue weighted by Crippen LogP contribution is 2.32. The molecule has 0 bridgehead atoms. The number of fused-ring (bicyclic) bond motifs is 1. The van der Waals surface area contributed by atoms with Gasteiger partial charge in [0.1, 0.15) is 17.4 Å². The zero-order chi connectivity index (χ0) is 12.7. The van der Waals surface area contributed by atoms with Crippen molar-refractivity contribution in [3.8, 4) is 0 Å². The van der Waals surface area contributed by atoms with Gasteiger partial charge in [-0.2, -0.15) is 0 Å². The minimum absolute atomic E-state index is 0.180. The number of hydrogen-bond donors (Lipinski definition) is 1. The van der Waals surface area contributed by atoms with Crippen molar-refractivity contribution in [2.75, 3.05) is 0 Å². The Morgan fingerprint density at radius 3 is 2.78 bits per heavy atom. The molecule has 1 N–H and O–H groups in total. The molecule has 2 aromatic heterocycles. The molecular weight excluding hydrogens is 252 g/mol. The van der Waals surface area contributed by atoms with Crippen molar-refractivity contribution in [2.45, 2.75) is 13.0 Å². The van der Waals surface area contributed by atoms with Crippen molar-refractivity contribution in [1.82, 2.24) is 0 Å². The lowest BCUT2D eigenvalue weighted by molar-refractivity contribution is 0.191. The lowest BCUT2D eigenvalue weighted by Gasteiger charge is -2.04. The highest BCUT2D eigenvalue weighted by Gasteiger charge is 2.20. The normalized spacial score (nSPS) is 13.1. The second-order valence-corrected chi connectivity index (χ2v) is 4.59. The molecule has 18 heavy (non-hydrogen) atoms. The molecule has 0 radical (unpaired) electrons. The molecular formula is C14H11ClO3. The minimum atomic E-state index is -0.913. The summed E-state index contributed by atoms with van der Waals surface area (Å²) in [5.74, 6) is 0.457. The van der Waals surface area contributed by atoms with Gasteiger partial charge in [0.05, 0.1) is 6.26 Å². The molecule has 3 nitrogen and oxygen atoms in total. The van der Waals surface area contributed by atoms with E-state index in [0.29, 0.717) is 11.3 Å². The molecule has 0 aliphatic carbocycles. The van der Waals surface area contributed by atoms with Gasteiger partial charge in [0, 0.05) is 10.9 Å². The Labute approximate surface area is 109 Å². The molecule has 1 aromatic carbocycles. The van der Waals surface area contributed by atoms with Gasteiger partial charge in [0.25, 0.3) is 0 Å². The van der Waals surface area contributed by atoms with Gasteiger partial charge in [-0.3, -0.25) is 0 Å². The van der Waals surface area contributed by atoms with Crippen LogP contribution in [0.15, 0.2) is 45.4 Å². The fraction of sp³-hybridized carbons (Fsp3) is 0.143. The predicted molar refractivity (Wildman–Crippen MR) is 68.7 cm³/mol. The Bertz CT molecular complexity index is 696. The van der Waals surface area contributed by atoms with Crippen molar-refractivity contribution in [3.05, 3.63) is 58.7 Å². The number of halogens is 1. The van der Waals surface area contributed by atoms with Gasteiger partial charge in [-0.15, -0.1) is 0 Å². The molecule has 92 valence electrons. The van der Waals surface area contributed by atoms with Crippen molar-refractivity contribution in [3.63, 3.8) is 0 Å². The molecule has 0 aliphatic rings. The van der Waals surface area contributed by atoms with Gasteiger partial charge < -0.3 is 13.9 Å². The Balaban J connectivity index is 2.07. The van der Waals surface area contributed by atoms with E-state index in [0.717, 1.165) is 16.5 Å². The number of aliphatic hydroxyl groups is 1. The quantitative estimate of drug-likeness (QED) is 0.757. The van der Waals surface area contributed by atoms with E-state index in [1.54, 1.807) is 6.07 Å². The maximum atomic E-state index is 10.2. The van der Waals surface area contributed by atoms with Crippen LogP contribution in [0, 0.1) is 6.92 Å². The van der Waals surface area contributed by atoms with Crippen LogP contribution in [0.3, 0.4) is 0 Å². The molecule has 0 fully saturated rings. The Hall–Kier alpha value is -1.71. The van der Waals surface area contributed by atoms with Crippen molar-refractivity contribution >= 4 is 22.6 Å². The van der Waals surface area contributed by atoms with Gasteiger partial charge in [-0.1, -0.05) is 11.6 Å². The van der Waals surface area contributed by atoms with Crippen molar-refractivity contribution in [1.29, 1.82) is 0 Å². The zero-order valence-electron chi connectivity index (χ0n) is 9.68. The monoisotopic (exact) mass is 262 g/mol. The first-order valence-corrected chi connectivity index (χ1v) is 5.94. The van der Waals surface area contributed by atoms with Crippen molar-refractivity contribution < 1.29 is 13.9 Å². The molecule has 4 heteroatoms. The molecule has 0 saturated carbocycles. The lowest BCUT2D eigenvalue weighted by atomic mass is 10.1. The molecule has 0 aliphatic heterocycles. The van der Waals surface area contributed by atoms with E-state index in [-0.39, 0.29) is 5.22 Å². The average Bonchev–Trinajstić information content (AvgIpc) is 2.93. The summed E-state index contributed by atoms with van der Waals surface area (Å²) < 4.78 is 10.6. The summed E-state index contributed by atoms with van der Waals surface area (Å²) in [5.41, 5.74) is 2.40. The molecule has 3 rings (SSSR count). The van der Waals surface area contributed by atoms with E-state index in [1.807, 2.05) is 31.2 Å². The van der Waals surface area contributed by atoms with E-state index >= 15 is 0 Å². The number of rotatable bonds is 2. The van der Waals surface area contributed by atoms with Crippen LogP contribution < -0.4 is 0 Å². The summed E-state index contributed by atoms with van der Waals surface area (Å²) in [6, 6.07) is 9.30. The molecule has 0 saturated heterocycles. The smallest absolute Gasteiger partial charge is 0.199 e. The first kappa shape index (κ1) is 11.4.